The van der Waals surface area contributed by atoms with Crippen LogP contribution in [0, 0.1) is 0 Å². The minimum atomic E-state index is 0.603. The molecule has 4 rings (SSSR count). The van der Waals surface area contributed by atoms with Crippen LogP contribution in [-0.4, -0.2) is 0 Å². The minimum absolute atomic E-state index is 0.603. The van der Waals surface area contributed by atoms with Gasteiger partial charge in [0.25, 0.3) is 0 Å². The van der Waals surface area contributed by atoms with Gasteiger partial charge >= 0.3 is 160 Å². The summed E-state index contributed by atoms with van der Waals surface area (Å²) < 4.78 is 0.603. The average Bonchev–Trinajstić information content (AvgIpc) is 2.96. The molecule has 1 heteroatoms. The maximum absolute atomic E-state index is 2.46. The van der Waals surface area contributed by atoms with Crippen molar-refractivity contribution in [1.82, 2.24) is 0 Å². The first-order chi connectivity index (χ1) is 11.8. The first-order valence-corrected chi connectivity index (χ1v) is 10.9. The molecular weight excluding hydrogens is 455 g/mol. The number of benzene rings is 3. The van der Waals surface area contributed by atoms with Crippen LogP contribution >= 0.6 is 0 Å². The molecule has 0 N–H and O–H groups in total. The first-order valence-electron chi connectivity index (χ1n) is 8.81. The van der Waals surface area contributed by atoms with Crippen LogP contribution in [0.1, 0.15) is 45.7 Å². The number of hydrogen-bond donors (Lipinski definition) is 0. The predicted molar refractivity (Wildman–Crippen MR) is 99.6 cm³/mol. The molecule has 0 heterocycles. The third-order valence-corrected chi connectivity index (χ3v) is 7.22. The van der Waals surface area contributed by atoms with Crippen LogP contribution in [0.25, 0.3) is 22.4 Å². The average molecular weight is 476 g/mol. The van der Waals surface area contributed by atoms with Gasteiger partial charge in [-0.2, -0.15) is 0 Å². The second-order valence-electron chi connectivity index (χ2n) is 6.63. The summed E-state index contributed by atoms with van der Waals surface area (Å²) in [5.41, 5.74) is 7.39. The molecule has 1 aliphatic rings. The second kappa shape index (κ2) is 6.80. The number of hydrogen-bond acceptors (Lipinski definition) is 0. The molecule has 1 unspecified atom stereocenters. The molecule has 0 saturated carbocycles. The van der Waals surface area contributed by atoms with E-state index in [4.69, 9.17) is 0 Å². The second-order valence-corrected chi connectivity index (χ2v) is 8.70. The van der Waals surface area contributed by atoms with E-state index in [-0.39, 0.29) is 0 Å². The fourth-order valence-electron chi connectivity index (χ4n) is 3.69. The van der Waals surface area contributed by atoms with Crippen molar-refractivity contribution >= 4 is 22.4 Å². The van der Waals surface area contributed by atoms with E-state index in [2.05, 4.69) is 73.7 Å². The Kier molecular flexibility index (Phi) is 4.54. The van der Waals surface area contributed by atoms with Crippen LogP contribution in [0.4, 0.5) is 0 Å². The third kappa shape index (κ3) is 2.84. The molecule has 0 amide bonds. The molecule has 0 nitrogen and oxygen atoms in total. The van der Waals surface area contributed by atoms with Crippen molar-refractivity contribution < 1.29 is 24.4 Å². The molecule has 0 saturated heterocycles. The Hall–Kier alpha value is -1.47. The number of aryl methyl sites for hydroxylation is 1. The van der Waals surface area contributed by atoms with E-state index in [9.17, 15) is 0 Å². The van der Waals surface area contributed by atoms with Gasteiger partial charge in [0.2, 0.25) is 0 Å². The van der Waals surface area contributed by atoms with E-state index in [1.165, 1.54) is 57.9 Å². The summed E-state index contributed by atoms with van der Waals surface area (Å²) in [6.07, 6.45) is 6.12. The summed E-state index contributed by atoms with van der Waals surface area (Å²) in [6, 6.07) is 22.6. The Morgan fingerprint density at radius 3 is 2.58 bits per heavy atom. The topological polar surface area (TPSA) is 0 Å². The van der Waals surface area contributed by atoms with Gasteiger partial charge in [-0.15, -0.1) is 0 Å². The van der Waals surface area contributed by atoms with Gasteiger partial charge in [-0.25, -0.2) is 0 Å². The van der Waals surface area contributed by atoms with Gasteiger partial charge in [0, 0.05) is 0 Å². The van der Waals surface area contributed by atoms with E-state index < -0.39 is 0 Å². The number of allylic oxidation sites excluding steroid dienone is 1. The van der Waals surface area contributed by atoms with Gasteiger partial charge in [0.1, 0.15) is 0 Å². The third-order valence-electron chi connectivity index (χ3n) is 4.98. The van der Waals surface area contributed by atoms with E-state index in [1.54, 1.807) is 0 Å². The molecule has 0 bridgehead atoms. The molecule has 0 spiro atoms. The van der Waals surface area contributed by atoms with Crippen LogP contribution < -0.4 is 0 Å². The number of fused-ring (bicyclic) bond motifs is 2. The molecule has 1 aliphatic carbocycles. The molecule has 0 radical (unpaired) electrons. The molecule has 1 atom stereocenters. The van der Waals surface area contributed by atoms with Crippen molar-refractivity contribution in [2.24, 2.45) is 0 Å². The Bertz CT molecular complexity index is 920. The zero-order chi connectivity index (χ0) is 16.5. The Balaban J connectivity index is 1.87. The normalized spacial score (nSPS) is 16.2. The van der Waals surface area contributed by atoms with E-state index in [0.717, 1.165) is 24.4 Å². The monoisotopic (exact) mass is 477 g/mol. The zero-order valence-electron chi connectivity index (χ0n) is 14.0. The number of rotatable bonds is 4. The summed E-state index contributed by atoms with van der Waals surface area (Å²) in [7, 11) is 0. The fourth-order valence-corrected chi connectivity index (χ4v) is 5.50. The molecule has 0 fully saturated rings. The van der Waals surface area contributed by atoms with E-state index >= 15 is 0 Å². The summed E-state index contributed by atoms with van der Waals surface area (Å²) in [5, 5.41) is 2.78. The van der Waals surface area contributed by atoms with Crippen molar-refractivity contribution in [1.29, 1.82) is 0 Å². The van der Waals surface area contributed by atoms with Crippen LogP contribution in [0.15, 0.2) is 60.7 Å². The van der Waals surface area contributed by atoms with Crippen LogP contribution in [-0.2, 0) is 30.8 Å². The van der Waals surface area contributed by atoms with Crippen molar-refractivity contribution in [3.05, 3.63) is 82.9 Å². The van der Waals surface area contributed by atoms with Gasteiger partial charge in [0.15, 0.2) is 0 Å². The van der Waals surface area contributed by atoms with Crippen LogP contribution in [0.2, 0.25) is 0 Å². The SMILES string of the molecule is CCCCc1cc(C2=Cc3ccccc3[CH]2[Hf])c2ccccc2c1. The van der Waals surface area contributed by atoms with Gasteiger partial charge in [-0.05, 0) is 0 Å². The molecule has 3 aromatic rings. The quantitative estimate of drug-likeness (QED) is 0.387. The summed E-state index contributed by atoms with van der Waals surface area (Å²) >= 11 is 1.16. The standard InChI is InChI=1S/C23H21.Hf/c1-2-3-8-17-13-20-11-6-7-12-22(20)23(14-17)21-15-18-9-4-5-10-19(18)16-21;/h4-7,9-16H,2-3,8H2,1H3;. The van der Waals surface area contributed by atoms with Gasteiger partial charge in [-0.3, -0.25) is 0 Å². The van der Waals surface area contributed by atoms with Crippen molar-refractivity contribution in [2.75, 3.05) is 0 Å². The van der Waals surface area contributed by atoms with E-state index in [1.807, 2.05) is 0 Å². The zero-order valence-corrected chi connectivity index (χ0v) is 17.6. The molecule has 0 aliphatic heterocycles. The molecule has 24 heavy (non-hydrogen) atoms. The Morgan fingerprint density at radius 1 is 0.958 bits per heavy atom. The van der Waals surface area contributed by atoms with E-state index in [0.29, 0.717) is 3.67 Å². The molecule has 0 aromatic heterocycles. The fraction of sp³-hybridized carbons (Fsp3) is 0.217. The van der Waals surface area contributed by atoms with Gasteiger partial charge in [0.05, 0.1) is 0 Å². The molecular formula is C23H21Hf. The maximum atomic E-state index is 2.46. The molecule has 3 aromatic carbocycles. The Labute approximate surface area is 159 Å². The first kappa shape index (κ1) is 16.0. The van der Waals surface area contributed by atoms with Crippen LogP contribution in [0.3, 0.4) is 0 Å². The Morgan fingerprint density at radius 2 is 1.75 bits per heavy atom. The van der Waals surface area contributed by atoms with Crippen molar-refractivity contribution in [2.45, 2.75) is 29.9 Å². The summed E-state index contributed by atoms with van der Waals surface area (Å²) in [5.74, 6) is 0. The van der Waals surface area contributed by atoms with Crippen LogP contribution in [0.5, 0.6) is 0 Å². The number of unbranched alkanes of at least 4 members (excludes halogenated alkanes) is 1. The van der Waals surface area contributed by atoms with Gasteiger partial charge < -0.3 is 0 Å². The van der Waals surface area contributed by atoms with Crippen molar-refractivity contribution in [3.63, 3.8) is 0 Å². The predicted octanol–water partition coefficient (Wildman–Crippen LogP) is 6.32. The van der Waals surface area contributed by atoms with Crippen molar-refractivity contribution in [3.8, 4) is 0 Å². The van der Waals surface area contributed by atoms with Gasteiger partial charge in [-0.1, -0.05) is 0 Å². The summed E-state index contributed by atoms with van der Waals surface area (Å²) in [4.78, 5) is 0. The molecule has 117 valence electrons. The summed E-state index contributed by atoms with van der Waals surface area (Å²) in [6.45, 7) is 2.27.